The zero-order valence-corrected chi connectivity index (χ0v) is 13.9. The lowest BCUT2D eigenvalue weighted by molar-refractivity contribution is -0.00308. The topological polar surface area (TPSA) is 32.8 Å². The Morgan fingerprint density at radius 2 is 1.52 bits per heavy atom. The van der Waals surface area contributed by atoms with Crippen molar-refractivity contribution >= 4 is 6.09 Å². The van der Waals surface area contributed by atoms with Gasteiger partial charge in [0.25, 0.3) is 0 Å². The fourth-order valence-electron chi connectivity index (χ4n) is 3.79. The van der Waals surface area contributed by atoms with Crippen LogP contribution in [0.25, 0.3) is 0 Å². The molecule has 3 rings (SSSR count). The van der Waals surface area contributed by atoms with Gasteiger partial charge in [0, 0.05) is 19.1 Å². The number of carbonyl (C=O) groups is 1. The van der Waals surface area contributed by atoms with Gasteiger partial charge in [-0.3, -0.25) is 0 Å². The van der Waals surface area contributed by atoms with Gasteiger partial charge >= 0.3 is 6.09 Å². The van der Waals surface area contributed by atoms with Crippen LogP contribution in [0.1, 0.15) is 59.3 Å². The lowest BCUT2D eigenvalue weighted by atomic mass is 9.71. The fraction of sp³-hybridized carbons (Fsp3) is 0.941. The lowest BCUT2D eigenvalue weighted by Gasteiger charge is -2.47. The number of carbonyl (C=O) groups excluding carboxylic acids is 1. The number of piperidine rings is 2. The van der Waals surface area contributed by atoms with E-state index in [0.29, 0.717) is 5.41 Å². The van der Waals surface area contributed by atoms with E-state index in [1.54, 1.807) is 0 Å². The highest BCUT2D eigenvalue weighted by atomic mass is 16.6. The summed E-state index contributed by atoms with van der Waals surface area (Å²) in [5, 5.41) is 0. The molecule has 1 saturated carbocycles. The van der Waals surface area contributed by atoms with Crippen LogP contribution in [0.3, 0.4) is 0 Å². The second-order valence-corrected chi connectivity index (χ2v) is 8.23. The van der Waals surface area contributed by atoms with Crippen molar-refractivity contribution < 1.29 is 9.53 Å². The molecule has 1 aliphatic carbocycles. The van der Waals surface area contributed by atoms with Gasteiger partial charge < -0.3 is 14.5 Å². The SMILES string of the molecule is CC(C)(C)OC(=O)N1CCC2(CC1)CCN(C1CC1)CC2. The summed E-state index contributed by atoms with van der Waals surface area (Å²) in [4.78, 5) is 16.7. The Labute approximate surface area is 128 Å². The number of nitrogens with zero attached hydrogens (tertiary/aromatic N) is 2. The predicted octanol–water partition coefficient (Wildman–Crippen LogP) is 3.26. The zero-order valence-electron chi connectivity index (χ0n) is 13.9. The van der Waals surface area contributed by atoms with Crippen molar-refractivity contribution in [2.75, 3.05) is 26.2 Å². The molecule has 1 spiro atoms. The molecule has 2 aliphatic heterocycles. The van der Waals surface area contributed by atoms with Gasteiger partial charge in [-0.1, -0.05) is 0 Å². The highest BCUT2D eigenvalue weighted by molar-refractivity contribution is 5.68. The van der Waals surface area contributed by atoms with Gasteiger partial charge in [0.2, 0.25) is 0 Å². The van der Waals surface area contributed by atoms with Gasteiger partial charge in [-0.15, -0.1) is 0 Å². The maximum absolute atomic E-state index is 12.1. The molecule has 4 heteroatoms. The van der Waals surface area contributed by atoms with Crippen LogP contribution in [0, 0.1) is 5.41 Å². The normalized spacial score (nSPS) is 26.9. The van der Waals surface area contributed by atoms with Gasteiger partial charge in [-0.05, 0) is 77.8 Å². The van der Waals surface area contributed by atoms with Gasteiger partial charge in [-0.2, -0.15) is 0 Å². The van der Waals surface area contributed by atoms with Gasteiger partial charge in [-0.25, -0.2) is 4.79 Å². The van der Waals surface area contributed by atoms with Crippen LogP contribution in [0.2, 0.25) is 0 Å². The number of rotatable bonds is 1. The first-order valence-electron chi connectivity index (χ1n) is 8.59. The van der Waals surface area contributed by atoms with Crippen LogP contribution in [-0.2, 0) is 4.74 Å². The smallest absolute Gasteiger partial charge is 0.410 e. The predicted molar refractivity (Wildman–Crippen MR) is 83.3 cm³/mol. The number of ether oxygens (including phenoxy) is 1. The standard InChI is InChI=1S/C17H30N2O2/c1-16(2,3)21-15(20)19-12-8-17(9-13-19)6-10-18(11-7-17)14-4-5-14/h14H,4-13H2,1-3H3. The average Bonchev–Trinajstić information content (AvgIpc) is 3.23. The molecule has 21 heavy (non-hydrogen) atoms. The number of hydrogen-bond donors (Lipinski definition) is 0. The molecule has 2 heterocycles. The summed E-state index contributed by atoms with van der Waals surface area (Å²) < 4.78 is 5.49. The molecule has 3 aliphatic rings. The monoisotopic (exact) mass is 294 g/mol. The second kappa shape index (κ2) is 5.45. The van der Waals surface area contributed by atoms with Crippen molar-refractivity contribution in [3.05, 3.63) is 0 Å². The fourth-order valence-corrected chi connectivity index (χ4v) is 3.79. The molecule has 0 aromatic carbocycles. The number of amides is 1. The number of likely N-dealkylation sites (tertiary alicyclic amines) is 2. The van der Waals surface area contributed by atoms with Crippen molar-refractivity contribution in [1.29, 1.82) is 0 Å². The molecule has 0 aromatic rings. The van der Waals surface area contributed by atoms with Gasteiger partial charge in [0.1, 0.15) is 5.60 Å². The molecule has 0 bridgehead atoms. The Morgan fingerprint density at radius 3 is 2.00 bits per heavy atom. The highest BCUT2D eigenvalue weighted by Crippen LogP contribution is 2.43. The van der Waals surface area contributed by atoms with Crippen LogP contribution in [0.4, 0.5) is 4.79 Å². The van der Waals surface area contributed by atoms with Crippen LogP contribution < -0.4 is 0 Å². The van der Waals surface area contributed by atoms with Crippen LogP contribution in [-0.4, -0.2) is 53.7 Å². The summed E-state index contributed by atoms with van der Waals surface area (Å²) >= 11 is 0. The van der Waals surface area contributed by atoms with E-state index in [2.05, 4.69) is 4.90 Å². The average molecular weight is 294 g/mol. The van der Waals surface area contributed by atoms with E-state index in [-0.39, 0.29) is 11.7 Å². The Hall–Kier alpha value is -0.770. The van der Waals surface area contributed by atoms with Crippen molar-refractivity contribution in [1.82, 2.24) is 9.80 Å². The summed E-state index contributed by atoms with van der Waals surface area (Å²) in [7, 11) is 0. The largest absolute Gasteiger partial charge is 0.444 e. The van der Waals surface area contributed by atoms with Crippen LogP contribution >= 0.6 is 0 Å². The first-order chi connectivity index (χ1) is 9.87. The molecule has 0 atom stereocenters. The van der Waals surface area contributed by atoms with Crippen molar-refractivity contribution in [3.8, 4) is 0 Å². The maximum Gasteiger partial charge on any atom is 0.410 e. The Bertz CT molecular complexity index is 380. The van der Waals surface area contributed by atoms with E-state index < -0.39 is 0 Å². The molecule has 0 radical (unpaired) electrons. The summed E-state index contributed by atoms with van der Waals surface area (Å²) in [5.74, 6) is 0. The highest BCUT2D eigenvalue weighted by Gasteiger charge is 2.41. The first kappa shape index (κ1) is 15.1. The third kappa shape index (κ3) is 3.71. The molecular formula is C17H30N2O2. The summed E-state index contributed by atoms with van der Waals surface area (Å²) in [5.41, 5.74) is 0.117. The van der Waals surface area contributed by atoms with Crippen LogP contribution in [0.5, 0.6) is 0 Å². The maximum atomic E-state index is 12.1. The van der Waals surface area contributed by atoms with E-state index in [4.69, 9.17) is 4.74 Å². The molecule has 3 fully saturated rings. The Kier molecular flexibility index (Phi) is 3.93. The second-order valence-electron chi connectivity index (χ2n) is 8.23. The first-order valence-corrected chi connectivity index (χ1v) is 8.59. The quantitative estimate of drug-likeness (QED) is 0.744. The van der Waals surface area contributed by atoms with Gasteiger partial charge in [0.05, 0.1) is 0 Å². The molecule has 120 valence electrons. The molecule has 4 nitrogen and oxygen atoms in total. The van der Waals surface area contributed by atoms with Crippen LogP contribution in [0.15, 0.2) is 0 Å². The molecule has 0 unspecified atom stereocenters. The summed E-state index contributed by atoms with van der Waals surface area (Å²) in [6.07, 6.45) is 7.67. The van der Waals surface area contributed by atoms with Crippen molar-refractivity contribution in [2.45, 2.75) is 70.9 Å². The number of hydrogen-bond acceptors (Lipinski definition) is 3. The molecule has 0 aromatic heterocycles. The van der Waals surface area contributed by atoms with E-state index in [1.807, 2.05) is 25.7 Å². The Balaban J connectivity index is 1.47. The molecule has 1 amide bonds. The minimum absolute atomic E-state index is 0.132. The zero-order chi connectivity index (χ0) is 15.1. The van der Waals surface area contributed by atoms with E-state index >= 15 is 0 Å². The third-order valence-corrected chi connectivity index (χ3v) is 5.40. The van der Waals surface area contributed by atoms with E-state index in [1.165, 1.54) is 38.8 Å². The summed E-state index contributed by atoms with van der Waals surface area (Å²) in [6.45, 7) is 10.1. The van der Waals surface area contributed by atoms with Crippen molar-refractivity contribution in [3.63, 3.8) is 0 Å². The molecular weight excluding hydrogens is 264 g/mol. The van der Waals surface area contributed by atoms with E-state index in [9.17, 15) is 4.79 Å². The van der Waals surface area contributed by atoms with Crippen molar-refractivity contribution in [2.24, 2.45) is 5.41 Å². The minimum atomic E-state index is -0.387. The lowest BCUT2D eigenvalue weighted by Crippen LogP contribution is -2.49. The Morgan fingerprint density at radius 1 is 1.00 bits per heavy atom. The van der Waals surface area contributed by atoms with E-state index in [0.717, 1.165) is 32.0 Å². The summed E-state index contributed by atoms with van der Waals surface area (Å²) in [6, 6.07) is 0.907. The molecule has 2 saturated heterocycles. The van der Waals surface area contributed by atoms with Gasteiger partial charge in [0.15, 0.2) is 0 Å². The third-order valence-electron chi connectivity index (χ3n) is 5.40. The molecule has 0 N–H and O–H groups in total. The minimum Gasteiger partial charge on any atom is -0.444 e.